The van der Waals surface area contributed by atoms with Crippen LogP contribution in [0, 0.1) is 0 Å². The maximum absolute atomic E-state index is 12.2. The molecule has 1 amide bonds. The molecular formula is C26H42N2OS. The summed E-state index contributed by atoms with van der Waals surface area (Å²) in [4.78, 5) is 12.2. The second-order valence-electron chi connectivity index (χ2n) is 8.77. The van der Waals surface area contributed by atoms with E-state index in [1.54, 1.807) is 0 Å². The standard InChI is InChI=1S/C26H42N2OS/c1-19(2)10-8-11-20(3)12-9-13-21(4)14-15-30-18-24(7)28-26(29)17-25-22(5)16-23(6)27-25/h10,12,14,16,24-25,27H,5,8-9,11,13,15,17-18H2,1-4,6-7H3,(H,28,29)/b20-12+,21-14+. The van der Waals surface area contributed by atoms with Crippen LogP contribution in [0.3, 0.4) is 0 Å². The Hall–Kier alpha value is -1.68. The van der Waals surface area contributed by atoms with Crippen LogP contribution in [-0.2, 0) is 4.79 Å². The van der Waals surface area contributed by atoms with Crippen molar-refractivity contribution in [2.45, 2.75) is 85.7 Å². The van der Waals surface area contributed by atoms with Crippen LogP contribution in [0.5, 0.6) is 0 Å². The molecule has 0 spiro atoms. The minimum atomic E-state index is 0.0420. The number of carbonyl (C=O) groups is 1. The van der Waals surface area contributed by atoms with Crippen LogP contribution in [0.4, 0.5) is 0 Å². The van der Waals surface area contributed by atoms with Crippen LogP contribution < -0.4 is 10.6 Å². The molecule has 0 aromatic rings. The first kappa shape index (κ1) is 26.4. The van der Waals surface area contributed by atoms with E-state index in [0.29, 0.717) is 6.42 Å². The number of thioether (sulfide) groups is 1. The van der Waals surface area contributed by atoms with E-state index < -0.39 is 0 Å². The summed E-state index contributed by atoms with van der Waals surface area (Å²) in [6.45, 7) is 16.9. The fraction of sp³-hybridized carbons (Fsp3) is 0.577. The van der Waals surface area contributed by atoms with Crippen molar-refractivity contribution in [3.8, 4) is 0 Å². The molecule has 168 valence electrons. The Morgan fingerprint density at radius 2 is 1.80 bits per heavy atom. The van der Waals surface area contributed by atoms with E-state index in [2.05, 4.69) is 70.1 Å². The van der Waals surface area contributed by atoms with E-state index in [1.165, 1.54) is 16.7 Å². The molecule has 1 aliphatic heterocycles. The Kier molecular flexibility index (Phi) is 12.6. The van der Waals surface area contributed by atoms with E-state index in [0.717, 1.165) is 48.5 Å². The summed E-state index contributed by atoms with van der Waals surface area (Å²) in [7, 11) is 0. The first-order valence-corrected chi connectivity index (χ1v) is 12.3. The van der Waals surface area contributed by atoms with E-state index >= 15 is 0 Å². The van der Waals surface area contributed by atoms with E-state index in [-0.39, 0.29) is 18.0 Å². The average molecular weight is 431 g/mol. The molecule has 2 N–H and O–H groups in total. The predicted molar refractivity (Wildman–Crippen MR) is 135 cm³/mol. The van der Waals surface area contributed by atoms with Crippen molar-refractivity contribution < 1.29 is 4.79 Å². The van der Waals surface area contributed by atoms with Gasteiger partial charge in [0.25, 0.3) is 0 Å². The van der Waals surface area contributed by atoms with Gasteiger partial charge in [-0.15, -0.1) is 0 Å². The Balaban J connectivity index is 2.17. The van der Waals surface area contributed by atoms with Crippen LogP contribution in [0.15, 0.2) is 58.9 Å². The van der Waals surface area contributed by atoms with Gasteiger partial charge in [-0.1, -0.05) is 41.5 Å². The van der Waals surface area contributed by atoms with Gasteiger partial charge in [0, 0.05) is 23.2 Å². The van der Waals surface area contributed by atoms with Crippen molar-refractivity contribution in [2.24, 2.45) is 0 Å². The number of rotatable bonds is 13. The summed E-state index contributed by atoms with van der Waals surface area (Å²) in [5, 5.41) is 6.40. The van der Waals surface area contributed by atoms with Crippen molar-refractivity contribution in [3.05, 3.63) is 58.9 Å². The zero-order valence-corrected chi connectivity index (χ0v) is 20.8. The van der Waals surface area contributed by atoms with E-state index in [4.69, 9.17) is 0 Å². The van der Waals surface area contributed by atoms with Crippen molar-refractivity contribution in [1.82, 2.24) is 10.6 Å². The monoisotopic (exact) mass is 430 g/mol. The summed E-state index contributed by atoms with van der Waals surface area (Å²) >= 11 is 1.87. The highest BCUT2D eigenvalue weighted by Gasteiger charge is 2.21. The summed E-state index contributed by atoms with van der Waals surface area (Å²) in [5.74, 6) is 2.01. The second kappa shape index (κ2) is 14.3. The van der Waals surface area contributed by atoms with Gasteiger partial charge in [-0.05, 0) is 78.9 Å². The molecule has 1 aliphatic rings. The third-order valence-electron chi connectivity index (χ3n) is 5.09. The highest BCUT2D eigenvalue weighted by atomic mass is 32.2. The number of amides is 1. The molecule has 4 heteroatoms. The highest BCUT2D eigenvalue weighted by Crippen LogP contribution is 2.17. The number of hydrogen-bond acceptors (Lipinski definition) is 3. The van der Waals surface area contributed by atoms with Crippen molar-refractivity contribution >= 4 is 17.7 Å². The second-order valence-corrected chi connectivity index (χ2v) is 9.84. The van der Waals surface area contributed by atoms with Gasteiger partial charge < -0.3 is 10.6 Å². The van der Waals surface area contributed by atoms with Gasteiger partial charge in [0.2, 0.25) is 5.91 Å². The van der Waals surface area contributed by atoms with Gasteiger partial charge in [0.15, 0.2) is 0 Å². The van der Waals surface area contributed by atoms with Crippen molar-refractivity contribution in [2.75, 3.05) is 11.5 Å². The molecule has 1 heterocycles. The van der Waals surface area contributed by atoms with Gasteiger partial charge in [-0.3, -0.25) is 4.79 Å². The molecule has 1 rings (SSSR count). The Labute approximate surface area is 189 Å². The van der Waals surface area contributed by atoms with Gasteiger partial charge in [0.1, 0.15) is 0 Å². The zero-order chi connectivity index (χ0) is 22.5. The molecule has 0 fully saturated rings. The summed E-state index contributed by atoms with van der Waals surface area (Å²) < 4.78 is 0. The van der Waals surface area contributed by atoms with Gasteiger partial charge in [-0.2, -0.15) is 11.8 Å². The largest absolute Gasteiger partial charge is 0.381 e. The van der Waals surface area contributed by atoms with Crippen LogP contribution in [-0.4, -0.2) is 29.5 Å². The topological polar surface area (TPSA) is 41.1 Å². The Morgan fingerprint density at radius 3 is 2.40 bits per heavy atom. The molecule has 0 aliphatic carbocycles. The molecule has 0 aromatic heterocycles. The molecule has 2 unspecified atom stereocenters. The zero-order valence-electron chi connectivity index (χ0n) is 19.9. The van der Waals surface area contributed by atoms with E-state index in [1.807, 2.05) is 24.8 Å². The van der Waals surface area contributed by atoms with Crippen LogP contribution >= 0.6 is 11.8 Å². The molecule has 0 radical (unpaired) electrons. The number of carbonyl (C=O) groups excluding carboxylic acids is 1. The lowest BCUT2D eigenvalue weighted by Crippen LogP contribution is -2.38. The van der Waals surface area contributed by atoms with E-state index in [9.17, 15) is 4.79 Å². The quantitative estimate of drug-likeness (QED) is 0.260. The number of allylic oxidation sites excluding steroid dienone is 6. The first-order chi connectivity index (χ1) is 14.2. The van der Waals surface area contributed by atoms with Crippen LogP contribution in [0.25, 0.3) is 0 Å². The third kappa shape index (κ3) is 12.1. The predicted octanol–water partition coefficient (Wildman–Crippen LogP) is 6.47. The third-order valence-corrected chi connectivity index (χ3v) is 6.23. The first-order valence-electron chi connectivity index (χ1n) is 11.1. The fourth-order valence-corrected chi connectivity index (χ4v) is 4.29. The summed E-state index contributed by atoms with van der Waals surface area (Å²) in [6, 6.07) is 0.215. The van der Waals surface area contributed by atoms with Crippen molar-refractivity contribution in [1.29, 1.82) is 0 Å². The summed E-state index contributed by atoms with van der Waals surface area (Å²) in [5.41, 5.74) is 6.40. The summed E-state index contributed by atoms with van der Waals surface area (Å²) in [6.07, 6.45) is 14.0. The molecule has 0 saturated carbocycles. The highest BCUT2D eigenvalue weighted by molar-refractivity contribution is 7.99. The maximum Gasteiger partial charge on any atom is 0.222 e. The molecular weight excluding hydrogens is 388 g/mol. The van der Waals surface area contributed by atoms with Gasteiger partial charge in [-0.25, -0.2) is 0 Å². The Morgan fingerprint density at radius 1 is 1.17 bits per heavy atom. The molecule has 30 heavy (non-hydrogen) atoms. The normalized spacial score (nSPS) is 18.0. The van der Waals surface area contributed by atoms with Crippen LogP contribution in [0.2, 0.25) is 0 Å². The Bertz CT molecular complexity index is 696. The van der Waals surface area contributed by atoms with Gasteiger partial charge >= 0.3 is 0 Å². The lowest BCUT2D eigenvalue weighted by molar-refractivity contribution is -0.121. The smallest absolute Gasteiger partial charge is 0.222 e. The lowest BCUT2D eigenvalue weighted by atomic mass is 10.1. The van der Waals surface area contributed by atoms with Crippen LogP contribution in [0.1, 0.15) is 73.6 Å². The SMILES string of the molecule is C=C1C=C(C)NC1CC(=O)NC(C)CSC/C=C(\C)CC/C=C(\C)CCC=C(C)C. The molecule has 3 nitrogen and oxygen atoms in total. The maximum atomic E-state index is 12.2. The molecule has 0 saturated heterocycles. The minimum absolute atomic E-state index is 0.0420. The number of hydrogen-bond donors (Lipinski definition) is 2. The minimum Gasteiger partial charge on any atom is -0.381 e. The molecule has 0 bridgehead atoms. The van der Waals surface area contributed by atoms with Crippen molar-refractivity contribution in [3.63, 3.8) is 0 Å². The fourth-order valence-electron chi connectivity index (χ4n) is 3.32. The average Bonchev–Trinajstić information content (AvgIpc) is 2.95. The lowest BCUT2D eigenvalue weighted by Gasteiger charge is -2.17. The molecule has 2 atom stereocenters. The van der Waals surface area contributed by atoms with Gasteiger partial charge in [0.05, 0.1) is 12.5 Å². The molecule has 0 aromatic carbocycles. The number of nitrogens with one attached hydrogen (secondary N) is 2.